The standard InChI is InChI=1S/C14H28O2/c1-3-5-7-12(4-2)10-14(15)13-8-6-9-16-11-13/h12-15H,3-11H2,1-2H3. The Hall–Kier alpha value is -0.0800. The van der Waals surface area contributed by atoms with Crippen LogP contribution in [0.5, 0.6) is 0 Å². The van der Waals surface area contributed by atoms with Gasteiger partial charge in [0.1, 0.15) is 0 Å². The zero-order chi connectivity index (χ0) is 11.8. The van der Waals surface area contributed by atoms with Gasteiger partial charge in [0.25, 0.3) is 0 Å². The van der Waals surface area contributed by atoms with E-state index in [9.17, 15) is 5.11 Å². The SMILES string of the molecule is CCCCC(CC)CC(O)C1CCCOC1. The zero-order valence-corrected chi connectivity index (χ0v) is 11.0. The summed E-state index contributed by atoms with van der Waals surface area (Å²) in [6, 6.07) is 0. The fourth-order valence-electron chi connectivity index (χ4n) is 2.58. The van der Waals surface area contributed by atoms with Crippen molar-refractivity contribution >= 4 is 0 Å². The van der Waals surface area contributed by atoms with Crippen LogP contribution in [0.25, 0.3) is 0 Å². The van der Waals surface area contributed by atoms with Gasteiger partial charge in [0.2, 0.25) is 0 Å². The average Bonchev–Trinajstić information content (AvgIpc) is 2.35. The fourth-order valence-corrected chi connectivity index (χ4v) is 2.58. The van der Waals surface area contributed by atoms with Crippen molar-refractivity contribution in [2.24, 2.45) is 11.8 Å². The molecule has 1 heterocycles. The molecule has 1 aliphatic heterocycles. The molecule has 0 aliphatic carbocycles. The molecule has 0 aromatic carbocycles. The minimum absolute atomic E-state index is 0.137. The smallest absolute Gasteiger partial charge is 0.0593 e. The van der Waals surface area contributed by atoms with Crippen LogP contribution in [-0.4, -0.2) is 24.4 Å². The summed E-state index contributed by atoms with van der Waals surface area (Å²) in [5.74, 6) is 1.10. The van der Waals surface area contributed by atoms with Crippen LogP contribution in [-0.2, 0) is 4.74 Å². The molecular formula is C14H28O2. The Kier molecular flexibility index (Phi) is 7.06. The van der Waals surface area contributed by atoms with Crippen LogP contribution in [0.4, 0.5) is 0 Å². The van der Waals surface area contributed by atoms with Gasteiger partial charge in [-0.3, -0.25) is 0 Å². The highest BCUT2D eigenvalue weighted by molar-refractivity contribution is 4.74. The van der Waals surface area contributed by atoms with Crippen molar-refractivity contribution in [1.82, 2.24) is 0 Å². The van der Waals surface area contributed by atoms with Crippen molar-refractivity contribution in [3.05, 3.63) is 0 Å². The van der Waals surface area contributed by atoms with E-state index < -0.39 is 0 Å². The summed E-state index contributed by atoms with van der Waals surface area (Å²) in [6.07, 6.45) is 8.14. The second kappa shape index (κ2) is 8.08. The summed E-state index contributed by atoms with van der Waals surface area (Å²) in [7, 11) is 0. The number of aliphatic hydroxyl groups excluding tert-OH is 1. The first-order valence-corrected chi connectivity index (χ1v) is 7.03. The highest BCUT2D eigenvalue weighted by atomic mass is 16.5. The van der Waals surface area contributed by atoms with E-state index in [4.69, 9.17) is 4.74 Å². The number of aliphatic hydroxyl groups is 1. The molecule has 2 nitrogen and oxygen atoms in total. The Morgan fingerprint density at radius 1 is 1.38 bits per heavy atom. The highest BCUT2D eigenvalue weighted by Crippen LogP contribution is 2.25. The van der Waals surface area contributed by atoms with Gasteiger partial charge in [-0.25, -0.2) is 0 Å². The van der Waals surface area contributed by atoms with Gasteiger partial charge in [-0.05, 0) is 25.2 Å². The molecule has 3 atom stereocenters. The lowest BCUT2D eigenvalue weighted by molar-refractivity contribution is -0.0184. The van der Waals surface area contributed by atoms with E-state index in [1.807, 2.05) is 0 Å². The van der Waals surface area contributed by atoms with Crippen LogP contribution in [0, 0.1) is 11.8 Å². The van der Waals surface area contributed by atoms with E-state index in [2.05, 4.69) is 13.8 Å². The summed E-state index contributed by atoms with van der Waals surface area (Å²) in [4.78, 5) is 0. The van der Waals surface area contributed by atoms with E-state index in [-0.39, 0.29) is 6.10 Å². The van der Waals surface area contributed by atoms with Gasteiger partial charge in [-0.1, -0.05) is 39.5 Å². The first kappa shape index (κ1) is 14.0. The van der Waals surface area contributed by atoms with E-state index >= 15 is 0 Å². The molecule has 0 saturated carbocycles. The number of unbranched alkanes of at least 4 members (excludes halogenated alkanes) is 1. The lowest BCUT2D eigenvalue weighted by Crippen LogP contribution is -2.30. The van der Waals surface area contributed by atoms with Crippen molar-refractivity contribution in [1.29, 1.82) is 0 Å². The molecule has 0 aromatic rings. The first-order valence-electron chi connectivity index (χ1n) is 7.03. The van der Waals surface area contributed by atoms with E-state index in [1.54, 1.807) is 0 Å². The molecule has 1 rings (SSSR count). The number of hydrogen-bond donors (Lipinski definition) is 1. The normalized spacial score (nSPS) is 25.3. The first-order chi connectivity index (χ1) is 7.77. The number of rotatable bonds is 7. The molecule has 1 saturated heterocycles. The number of hydrogen-bond acceptors (Lipinski definition) is 2. The average molecular weight is 228 g/mol. The third kappa shape index (κ3) is 4.84. The molecule has 0 amide bonds. The molecule has 0 radical (unpaired) electrons. The molecule has 0 bridgehead atoms. The maximum absolute atomic E-state index is 10.2. The Bertz CT molecular complexity index is 164. The van der Waals surface area contributed by atoms with Crippen LogP contribution >= 0.6 is 0 Å². The van der Waals surface area contributed by atoms with Crippen LogP contribution in [0.2, 0.25) is 0 Å². The quantitative estimate of drug-likeness (QED) is 0.724. The van der Waals surface area contributed by atoms with Crippen molar-refractivity contribution < 1.29 is 9.84 Å². The summed E-state index contributed by atoms with van der Waals surface area (Å²) >= 11 is 0. The molecule has 16 heavy (non-hydrogen) atoms. The van der Waals surface area contributed by atoms with E-state index in [1.165, 1.54) is 25.7 Å². The van der Waals surface area contributed by atoms with Crippen molar-refractivity contribution in [2.75, 3.05) is 13.2 Å². The van der Waals surface area contributed by atoms with Crippen molar-refractivity contribution in [2.45, 2.75) is 64.9 Å². The van der Waals surface area contributed by atoms with Gasteiger partial charge in [0.05, 0.1) is 12.7 Å². The molecule has 0 spiro atoms. The second-order valence-electron chi connectivity index (χ2n) is 5.20. The Balaban J connectivity index is 2.26. The topological polar surface area (TPSA) is 29.5 Å². The molecule has 96 valence electrons. The minimum Gasteiger partial charge on any atom is -0.393 e. The molecule has 0 aromatic heterocycles. The summed E-state index contributed by atoms with van der Waals surface area (Å²) in [5.41, 5.74) is 0. The molecular weight excluding hydrogens is 200 g/mol. The molecule has 1 aliphatic rings. The monoisotopic (exact) mass is 228 g/mol. The third-order valence-corrected chi connectivity index (χ3v) is 3.86. The fraction of sp³-hybridized carbons (Fsp3) is 1.00. The number of ether oxygens (including phenoxy) is 1. The molecule has 1 N–H and O–H groups in total. The van der Waals surface area contributed by atoms with Gasteiger partial charge < -0.3 is 9.84 Å². The Labute approximate surface area is 100 Å². The van der Waals surface area contributed by atoms with Crippen LogP contribution in [0.3, 0.4) is 0 Å². The predicted molar refractivity (Wildman–Crippen MR) is 67.5 cm³/mol. The molecule has 1 fully saturated rings. The molecule has 2 heteroatoms. The van der Waals surface area contributed by atoms with Gasteiger partial charge >= 0.3 is 0 Å². The lowest BCUT2D eigenvalue weighted by atomic mass is 9.86. The predicted octanol–water partition coefficient (Wildman–Crippen LogP) is 3.38. The summed E-state index contributed by atoms with van der Waals surface area (Å²) < 4.78 is 5.44. The summed E-state index contributed by atoms with van der Waals surface area (Å²) in [5, 5.41) is 10.2. The maximum atomic E-state index is 10.2. The van der Waals surface area contributed by atoms with Gasteiger partial charge in [-0.15, -0.1) is 0 Å². The van der Waals surface area contributed by atoms with Crippen molar-refractivity contribution in [3.8, 4) is 0 Å². The van der Waals surface area contributed by atoms with E-state index in [0.29, 0.717) is 11.8 Å². The maximum Gasteiger partial charge on any atom is 0.0593 e. The highest BCUT2D eigenvalue weighted by Gasteiger charge is 2.24. The van der Waals surface area contributed by atoms with Crippen LogP contribution < -0.4 is 0 Å². The lowest BCUT2D eigenvalue weighted by Gasteiger charge is -2.29. The Morgan fingerprint density at radius 2 is 2.19 bits per heavy atom. The van der Waals surface area contributed by atoms with Crippen LogP contribution in [0.15, 0.2) is 0 Å². The van der Waals surface area contributed by atoms with Crippen LogP contribution in [0.1, 0.15) is 58.8 Å². The van der Waals surface area contributed by atoms with E-state index in [0.717, 1.165) is 32.5 Å². The van der Waals surface area contributed by atoms with Crippen molar-refractivity contribution in [3.63, 3.8) is 0 Å². The van der Waals surface area contributed by atoms with Gasteiger partial charge in [0.15, 0.2) is 0 Å². The largest absolute Gasteiger partial charge is 0.393 e. The van der Waals surface area contributed by atoms with Gasteiger partial charge in [-0.2, -0.15) is 0 Å². The Morgan fingerprint density at radius 3 is 2.75 bits per heavy atom. The molecule has 3 unspecified atom stereocenters. The third-order valence-electron chi connectivity index (χ3n) is 3.86. The van der Waals surface area contributed by atoms with Gasteiger partial charge in [0, 0.05) is 12.5 Å². The minimum atomic E-state index is -0.137. The zero-order valence-electron chi connectivity index (χ0n) is 11.0. The summed E-state index contributed by atoms with van der Waals surface area (Å²) in [6.45, 7) is 6.13. The second-order valence-corrected chi connectivity index (χ2v) is 5.20.